The molecule has 10 nitrogen and oxygen atoms in total. The molecule has 3 aromatic rings. The van der Waals surface area contributed by atoms with Crippen molar-refractivity contribution in [3.63, 3.8) is 0 Å². The zero-order valence-electron chi connectivity index (χ0n) is 25.8. The minimum absolute atomic E-state index is 0.00810. The number of carbonyl (C=O) groups is 4. The maximum Gasteiger partial charge on any atom is 0.318 e. The second-order valence-corrected chi connectivity index (χ2v) is 14.6. The number of nitrogens with one attached hydrogen (secondary N) is 3. The minimum atomic E-state index is -0.950. The number of nitrogens with zero attached hydrogens (tertiary/aromatic N) is 2. The number of ketones is 1. The SMILES string of the molecule is CN(Cc1ccccc1Br)C(=O)C(Cc1c[nH]c2ccccc12)NC(=O)C1C[C@@H](O)CN1C(=O)NC1C2CC3CC(C2)C(=O)C1C3. The molecule has 1 aromatic heterocycles. The lowest BCUT2D eigenvalue weighted by molar-refractivity contribution is -0.142. The lowest BCUT2D eigenvalue weighted by Crippen LogP contribution is -2.62. The number of aliphatic hydroxyl groups excluding tert-OH is 1. The molecule has 4 bridgehead atoms. The number of amides is 4. The van der Waals surface area contributed by atoms with Crippen LogP contribution in [0.3, 0.4) is 0 Å². The molecule has 242 valence electrons. The van der Waals surface area contributed by atoms with Gasteiger partial charge in [-0.05, 0) is 60.8 Å². The second kappa shape index (κ2) is 12.5. The minimum Gasteiger partial charge on any atom is -0.391 e. The van der Waals surface area contributed by atoms with Gasteiger partial charge in [-0.1, -0.05) is 52.3 Å². The predicted molar refractivity (Wildman–Crippen MR) is 175 cm³/mol. The molecule has 2 heterocycles. The number of H-pyrrole nitrogens is 1. The van der Waals surface area contributed by atoms with Crippen LogP contribution in [0, 0.1) is 23.7 Å². The Hall–Kier alpha value is -3.70. The fourth-order valence-electron chi connectivity index (χ4n) is 8.58. The van der Waals surface area contributed by atoms with E-state index in [1.54, 1.807) is 11.9 Å². The third-order valence-corrected chi connectivity index (χ3v) is 11.5. The van der Waals surface area contributed by atoms with Crippen molar-refractivity contribution in [1.29, 1.82) is 0 Å². The van der Waals surface area contributed by atoms with E-state index >= 15 is 0 Å². The molecule has 4 amide bonds. The van der Waals surface area contributed by atoms with Crippen molar-refractivity contribution in [2.45, 2.75) is 69.3 Å². The Labute approximate surface area is 276 Å². The molecule has 0 radical (unpaired) electrons. The molecule has 4 saturated carbocycles. The molecular weight excluding hydrogens is 650 g/mol. The number of halogens is 1. The molecule has 11 heteroatoms. The van der Waals surface area contributed by atoms with E-state index in [1.165, 1.54) is 4.90 Å². The van der Waals surface area contributed by atoms with Gasteiger partial charge >= 0.3 is 6.03 Å². The van der Waals surface area contributed by atoms with Crippen LogP contribution in [0.2, 0.25) is 0 Å². The quantitative estimate of drug-likeness (QED) is 0.286. The molecule has 1 saturated heterocycles. The van der Waals surface area contributed by atoms with Crippen LogP contribution in [-0.4, -0.2) is 81.3 Å². The highest BCUT2D eigenvalue weighted by Crippen LogP contribution is 2.52. The average Bonchev–Trinajstić information content (AvgIpc) is 3.64. The van der Waals surface area contributed by atoms with Gasteiger partial charge in [-0.15, -0.1) is 0 Å². The van der Waals surface area contributed by atoms with Crippen molar-refractivity contribution in [3.8, 4) is 0 Å². The maximum absolute atomic E-state index is 14.0. The van der Waals surface area contributed by atoms with Crippen molar-refractivity contribution in [2.24, 2.45) is 23.7 Å². The van der Waals surface area contributed by atoms with Crippen molar-refractivity contribution < 1.29 is 24.3 Å². The van der Waals surface area contributed by atoms with E-state index in [4.69, 9.17) is 0 Å². The maximum atomic E-state index is 14.0. The number of urea groups is 1. The number of likely N-dealkylation sites (N-methyl/N-ethyl adjacent to an activating group) is 1. The van der Waals surface area contributed by atoms with Gasteiger partial charge in [-0.25, -0.2) is 4.79 Å². The summed E-state index contributed by atoms with van der Waals surface area (Å²) in [5.41, 5.74) is 2.75. The van der Waals surface area contributed by atoms with Crippen LogP contribution in [-0.2, 0) is 27.3 Å². The Morgan fingerprint density at radius 3 is 2.65 bits per heavy atom. The third-order valence-electron chi connectivity index (χ3n) is 10.7. The molecule has 1 aliphatic heterocycles. The summed E-state index contributed by atoms with van der Waals surface area (Å²) in [4.78, 5) is 60.9. The topological polar surface area (TPSA) is 135 Å². The fraction of sp³-hybridized carbons (Fsp3) is 0.486. The highest BCUT2D eigenvalue weighted by atomic mass is 79.9. The number of likely N-dealkylation sites (tertiary alicyclic amines) is 1. The Bertz CT molecular complexity index is 1680. The largest absolute Gasteiger partial charge is 0.391 e. The van der Waals surface area contributed by atoms with Gasteiger partial charge in [0.25, 0.3) is 0 Å². The summed E-state index contributed by atoms with van der Waals surface area (Å²) in [6.45, 7) is 0.343. The van der Waals surface area contributed by atoms with Crippen LogP contribution >= 0.6 is 15.9 Å². The van der Waals surface area contributed by atoms with E-state index in [0.29, 0.717) is 12.5 Å². The molecule has 4 N–H and O–H groups in total. The van der Waals surface area contributed by atoms with Crippen molar-refractivity contribution in [3.05, 3.63) is 70.3 Å². The first-order valence-corrected chi connectivity index (χ1v) is 17.1. The van der Waals surface area contributed by atoms with Crippen molar-refractivity contribution >= 4 is 50.5 Å². The first kappa shape index (κ1) is 30.9. The van der Waals surface area contributed by atoms with E-state index < -0.39 is 30.1 Å². The number of Topliss-reactive ketones (excluding diaryl/α,β-unsaturated/α-hetero) is 1. The van der Waals surface area contributed by atoms with E-state index in [0.717, 1.165) is 52.2 Å². The molecule has 5 aliphatic rings. The number of carbonyl (C=O) groups excluding carboxylic acids is 4. The normalized spacial score (nSPS) is 28.8. The van der Waals surface area contributed by atoms with Gasteiger partial charge in [0.15, 0.2) is 0 Å². The fourth-order valence-corrected chi connectivity index (χ4v) is 8.99. The molecule has 2 aromatic carbocycles. The number of fused-ring (bicyclic) bond motifs is 1. The molecule has 8 rings (SSSR count). The van der Waals surface area contributed by atoms with E-state index in [1.807, 2.05) is 54.7 Å². The number of β-amino-alcohol motifs (C(OH)–C–C–N with tert-alkyl or cyclic N) is 1. The Morgan fingerprint density at radius 2 is 1.83 bits per heavy atom. The summed E-state index contributed by atoms with van der Waals surface area (Å²) < 4.78 is 0.884. The highest BCUT2D eigenvalue weighted by Gasteiger charge is 2.54. The van der Waals surface area contributed by atoms with Gasteiger partial charge in [0.1, 0.15) is 17.9 Å². The zero-order chi connectivity index (χ0) is 32.1. The number of aromatic nitrogens is 1. The summed E-state index contributed by atoms with van der Waals surface area (Å²) in [5, 5.41) is 17.7. The lowest BCUT2D eigenvalue weighted by atomic mass is 9.53. The summed E-state index contributed by atoms with van der Waals surface area (Å²) in [6, 6.07) is 12.9. The number of aliphatic hydroxyl groups is 1. The number of para-hydroxylation sites is 1. The second-order valence-electron chi connectivity index (χ2n) is 13.7. The molecule has 0 spiro atoms. The van der Waals surface area contributed by atoms with Gasteiger partial charge in [-0.3, -0.25) is 14.4 Å². The van der Waals surface area contributed by atoms with Gasteiger partial charge in [0.05, 0.1) is 6.10 Å². The first-order valence-electron chi connectivity index (χ1n) is 16.3. The molecule has 8 atom stereocenters. The van der Waals surface area contributed by atoms with Gasteiger partial charge in [0, 0.05) is 72.4 Å². The molecule has 4 aliphatic carbocycles. The summed E-state index contributed by atoms with van der Waals surface area (Å²) >= 11 is 3.56. The molecule has 5 fully saturated rings. The summed E-state index contributed by atoms with van der Waals surface area (Å²) in [7, 11) is 1.71. The van der Waals surface area contributed by atoms with Crippen LogP contribution in [0.15, 0.2) is 59.2 Å². The third kappa shape index (κ3) is 5.83. The number of benzene rings is 2. The number of aromatic amines is 1. The predicted octanol–water partition coefficient (Wildman–Crippen LogP) is 3.76. The lowest BCUT2D eigenvalue weighted by Gasteiger charge is -2.53. The zero-order valence-corrected chi connectivity index (χ0v) is 27.4. The Morgan fingerprint density at radius 1 is 1.04 bits per heavy atom. The van der Waals surface area contributed by atoms with Gasteiger partial charge < -0.3 is 30.5 Å². The summed E-state index contributed by atoms with van der Waals surface area (Å²) in [6.07, 6.45) is 4.92. The van der Waals surface area contributed by atoms with Gasteiger partial charge in [-0.2, -0.15) is 0 Å². The standard InChI is InChI=1S/C35H40BrN5O5/c1-40(17-20-6-2-4-8-27(20)36)34(45)29(14-23-16-37-28-9-5-3-7-25(23)28)38-33(44)30-15-24(42)18-41(30)35(46)39-31-21-10-19-11-22(13-21)32(43)26(31)12-19/h2-9,16,19,21-22,24,26,29-31,37,42H,10-15,17-18H2,1H3,(H,38,44)(H,39,46)/t19?,21?,22?,24-,26?,29?,30?,31?/m1/s1. The molecular formula is C35H40BrN5O5. The molecule has 7 unspecified atom stereocenters. The van der Waals surface area contributed by atoms with E-state index in [9.17, 15) is 24.3 Å². The van der Waals surface area contributed by atoms with Gasteiger partial charge in [0.2, 0.25) is 11.8 Å². The Kier molecular flexibility index (Phi) is 8.39. The van der Waals surface area contributed by atoms with E-state index in [2.05, 4.69) is 31.5 Å². The van der Waals surface area contributed by atoms with Crippen LogP contribution in [0.25, 0.3) is 10.9 Å². The van der Waals surface area contributed by atoms with Crippen LogP contribution in [0.4, 0.5) is 4.79 Å². The van der Waals surface area contributed by atoms with Crippen molar-refractivity contribution in [1.82, 2.24) is 25.4 Å². The van der Waals surface area contributed by atoms with E-state index in [-0.39, 0.29) is 54.9 Å². The average molecular weight is 691 g/mol. The number of hydrogen-bond acceptors (Lipinski definition) is 5. The monoisotopic (exact) mass is 689 g/mol. The van der Waals surface area contributed by atoms with Crippen molar-refractivity contribution in [2.75, 3.05) is 13.6 Å². The number of rotatable bonds is 8. The van der Waals surface area contributed by atoms with Crippen LogP contribution in [0.1, 0.15) is 43.2 Å². The van der Waals surface area contributed by atoms with Crippen LogP contribution < -0.4 is 10.6 Å². The Balaban J connectivity index is 1.09. The molecule has 46 heavy (non-hydrogen) atoms. The summed E-state index contributed by atoms with van der Waals surface area (Å²) in [5.74, 6) is 0.283. The highest BCUT2D eigenvalue weighted by molar-refractivity contribution is 9.10. The number of hydrogen-bond donors (Lipinski definition) is 4. The first-order chi connectivity index (χ1) is 22.2. The smallest absolute Gasteiger partial charge is 0.318 e. The van der Waals surface area contributed by atoms with Crippen LogP contribution in [0.5, 0.6) is 0 Å².